The van der Waals surface area contributed by atoms with Gasteiger partial charge in [-0.1, -0.05) is 42.5 Å². The molecule has 0 spiro atoms. The number of aliphatic hydroxyl groups is 1. The highest BCUT2D eigenvalue weighted by Gasteiger charge is 2.21. The van der Waals surface area contributed by atoms with E-state index in [0.29, 0.717) is 12.0 Å². The Labute approximate surface area is 163 Å². The first-order valence-electron chi connectivity index (χ1n) is 9.11. The second-order valence-corrected chi connectivity index (χ2v) is 6.73. The molecule has 0 bridgehead atoms. The van der Waals surface area contributed by atoms with Crippen molar-refractivity contribution in [3.8, 4) is 0 Å². The summed E-state index contributed by atoms with van der Waals surface area (Å²) < 4.78 is 13.3. The zero-order valence-corrected chi connectivity index (χ0v) is 15.6. The van der Waals surface area contributed by atoms with Crippen LogP contribution in [0.3, 0.4) is 0 Å². The average molecular weight is 388 g/mol. The molecular formula is C21H25FN2O4. The van der Waals surface area contributed by atoms with Crippen molar-refractivity contribution in [3.05, 3.63) is 71.5 Å². The van der Waals surface area contributed by atoms with E-state index in [1.54, 1.807) is 13.0 Å². The van der Waals surface area contributed by atoms with Gasteiger partial charge < -0.3 is 20.8 Å². The third-order valence-electron chi connectivity index (χ3n) is 4.39. The van der Waals surface area contributed by atoms with Gasteiger partial charge in [-0.05, 0) is 43.0 Å². The van der Waals surface area contributed by atoms with Gasteiger partial charge in [-0.2, -0.15) is 0 Å². The van der Waals surface area contributed by atoms with Gasteiger partial charge in [-0.3, -0.25) is 4.79 Å². The Morgan fingerprint density at radius 3 is 2.43 bits per heavy atom. The fourth-order valence-corrected chi connectivity index (χ4v) is 2.91. The Kier molecular flexibility index (Phi) is 7.95. The number of benzene rings is 2. The van der Waals surface area contributed by atoms with Crippen molar-refractivity contribution in [1.82, 2.24) is 10.6 Å². The van der Waals surface area contributed by atoms with Gasteiger partial charge in [0, 0.05) is 12.5 Å². The highest BCUT2D eigenvalue weighted by molar-refractivity contribution is 5.75. The van der Waals surface area contributed by atoms with Crippen LogP contribution in [0.25, 0.3) is 0 Å². The van der Waals surface area contributed by atoms with Gasteiger partial charge in [0.15, 0.2) is 0 Å². The molecule has 3 unspecified atom stereocenters. The number of carbonyl (C=O) groups is 2. The lowest BCUT2D eigenvalue weighted by Crippen LogP contribution is -2.47. The molecule has 2 aromatic carbocycles. The van der Waals surface area contributed by atoms with Crippen LogP contribution >= 0.6 is 0 Å². The first-order valence-corrected chi connectivity index (χ1v) is 9.11. The molecule has 0 aliphatic rings. The minimum absolute atomic E-state index is 0.0702. The Bertz CT molecular complexity index is 785. The normalized spacial score (nSPS) is 14.0. The quantitative estimate of drug-likeness (QED) is 0.531. The Hall–Kier alpha value is -2.93. The Balaban J connectivity index is 1.96. The topological polar surface area (TPSA) is 98.7 Å². The first-order chi connectivity index (χ1) is 13.3. The number of aliphatic hydroxyl groups excluding tert-OH is 1. The summed E-state index contributed by atoms with van der Waals surface area (Å²) in [5, 5.41) is 24.7. The third-order valence-corrected chi connectivity index (χ3v) is 4.39. The molecule has 0 heterocycles. The van der Waals surface area contributed by atoms with Gasteiger partial charge in [0.1, 0.15) is 5.82 Å². The van der Waals surface area contributed by atoms with Gasteiger partial charge >= 0.3 is 12.0 Å². The lowest BCUT2D eigenvalue weighted by atomic mass is 10.0. The van der Waals surface area contributed by atoms with E-state index < -0.39 is 30.0 Å². The number of amides is 2. The van der Waals surface area contributed by atoms with Crippen LogP contribution in [0.1, 0.15) is 37.0 Å². The monoisotopic (exact) mass is 388 g/mol. The number of halogens is 1. The smallest absolute Gasteiger partial charge is 0.315 e. The molecular weight excluding hydrogens is 363 g/mol. The van der Waals surface area contributed by atoms with Crippen LogP contribution in [0.4, 0.5) is 9.18 Å². The van der Waals surface area contributed by atoms with Gasteiger partial charge in [-0.25, -0.2) is 9.18 Å². The molecule has 150 valence electrons. The molecule has 0 saturated carbocycles. The molecule has 2 rings (SSSR count). The van der Waals surface area contributed by atoms with Crippen LogP contribution in [-0.4, -0.2) is 34.3 Å². The molecule has 0 radical (unpaired) electrons. The molecule has 2 amide bonds. The number of carboxylic acids is 1. The molecule has 2 aromatic rings. The van der Waals surface area contributed by atoms with Crippen molar-refractivity contribution in [3.63, 3.8) is 0 Å². The van der Waals surface area contributed by atoms with Gasteiger partial charge in [0.2, 0.25) is 0 Å². The number of hydrogen-bond donors (Lipinski definition) is 4. The Morgan fingerprint density at radius 2 is 1.79 bits per heavy atom. The lowest BCUT2D eigenvalue weighted by molar-refractivity contribution is -0.137. The number of hydrogen-bond acceptors (Lipinski definition) is 3. The molecule has 4 N–H and O–H groups in total. The molecule has 0 aliphatic carbocycles. The fraction of sp³-hybridized carbons (Fsp3) is 0.333. The van der Waals surface area contributed by atoms with Gasteiger partial charge in [-0.15, -0.1) is 0 Å². The number of carboxylic acid groups (broad SMARTS) is 1. The SMILES string of the molecule is CC(NC(=O)NC(CCC(=O)O)Cc1ccccc1)C(O)c1cccc(F)c1. The summed E-state index contributed by atoms with van der Waals surface area (Å²) in [6, 6.07) is 13.4. The van der Waals surface area contributed by atoms with Crippen molar-refractivity contribution in [2.45, 2.75) is 44.4 Å². The van der Waals surface area contributed by atoms with E-state index >= 15 is 0 Å². The van der Waals surface area contributed by atoms with Crippen molar-refractivity contribution in [2.24, 2.45) is 0 Å². The predicted molar refractivity (Wildman–Crippen MR) is 103 cm³/mol. The van der Waals surface area contributed by atoms with Gasteiger partial charge in [0.05, 0.1) is 12.1 Å². The number of carbonyl (C=O) groups excluding carboxylic acids is 1. The average Bonchev–Trinajstić information content (AvgIpc) is 2.66. The molecule has 7 heteroatoms. The standard InChI is InChI=1S/C21H25FN2O4/c1-14(20(27)16-8-5-9-17(22)13-16)23-21(28)24-18(10-11-19(25)26)12-15-6-3-2-4-7-15/h2-9,13-14,18,20,27H,10-12H2,1H3,(H,25,26)(H2,23,24,28). The summed E-state index contributed by atoms with van der Waals surface area (Å²) >= 11 is 0. The van der Waals surface area contributed by atoms with Gasteiger partial charge in [0.25, 0.3) is 0 Å². The largest absolute Gasteiger partial charge is 0.481 e. The van der Waals surface area contributed by atoms with Crippen molar-refractivity contribution >= 4 is 12.0 Å². The van der Waals surface area contributed by atoms with Crippen molar-refractivity contribution < 1.29 is 24.2 Å². The van der Waals surface area contributed by atoms with E-state index in [1.807, 2.05) is 30.3 Å². The molecule has 0 aliphatic heterocycles. The van der Waals surface area contributed by atoms with Crippen molar-refractivity contribution in [1.29, 1.82) is 0 Å². The molecule has 3 atom stereocenters. The van der Waals surface area contributed by atoms with Crippen LogP contribution in [0.5, 0.6) is 0 Å². The number of nitrogens with one attached hydrogen (secondary N) is 2. The zero-order chi connectivity index (χ0) is 20.5. The molecule has 0 fully saturated rings. The van der Waals surface area contributed by atoms with Crippen LogP contribution in [0.15, 0.2) is 54.6 Å². The summed E-state index contributed by atoms with van der Waals surface area (Å²) in [7, 11) is 0. The minimum atomic E-state index is -1.08. The maximum Gasteiger partial charge on any atom is 0.315 e. The van der Waals surface area contributed by atoms with E-state index in [4.69, 9.17) is 5.11 Å². The maximum atomic E-state index is 13.3. The summed E-state index contributed by atoms with van der Waals surface area (Å²) in [6.45, 7) is 1.61. The van der Waals surface area contributed by atoms with E-state index in [-0.39, 0.29) is 18.9 Å². The zero-order valence-electron chi connectivity index (χ0n) is 15.6. The number of rotatable bonds is 9. The summed E-state index contributed by atoms with van der Waals surface area (Å²) in [5.74, 6) is -1.40. The van der Waals surface area contributed by atoms with E-state index in [1.165, 1.54) is 18.2 Å². The lowest BCUT2D eigenvalue weighted by Gasteiger charge is -2.24. The van der Waals surface area contributed by atoms with Crippen molar-refractivity contribution in [2.75, 3.05) is 0 Å². The van der Waals surface area contributed by atoms with Crippen LogP contribution < -0.4 is 10.6 Å². The molecule has 0 saturated heterocycles. The summed E-state index contributed by atoms with van der Waals surface area (Å²) in [5.41, 5.74) is 1.34. The van der Waals surface area contributed by atoms with E-state index in [2.05, 4.69) is 10.6 Å². The van der Waals surface area contributed by atoms with E-state index in [0.717, 1.165) is 5.56 Å². The molecule has 6 nitrogen and oxygen atoms in total. The summed E-state index contributed by atoms with van der Waals surface area (Å²) in [6.07, 6.45) is -0.381. The van der Waals surface area contributed by atoms with E-state index in [9.17, 15) is 19.1 Å². The highest BCUT2D eigenvalue weighted by Crippen LogP contribution is 2.17. The Morgan fingerprint density at radius 1 is 1.07 bits per heavy atom. The number of aliphatic carboxylic acids is 1. The highest BCUT2D eigenvalue weighted by atomic mass is 19.1. The molecule has 28 heavy (non-hydrogen) atoms. The van der Waals surface area contributed by atoms with Crippen LogP contribution in [0.2, 0.25) is 0 Å². The fourth-order valence-electron chi connectivity index (χ4n) is 2.91. The maximum absolute atomic E-state index is 13.3. The van der Waals surface area contributed by atoms with Crippen LogP contribution in [-0.2, 0) is 11.2 Å². The minimum Gasteiger partial charge on any atom is -0.481 e. The predicted octanol–water partition coefficient (Wildman–Crippen LogP) is 3.02. The second-order valence-electron chi connectivity index (χ2n) is 6.73. The third kappa shape index (κ3) is 7.00. The van der Waals surface area contributed by atoms with Crippen LogP contribution in [0, 0.1) is 5.82 Å². The second kappa shape index (κ2) is 10.4. The first kappa shape index (κ1) is 21.4. The number of urea groups is 1. The summed E-state index contributed by atoms with van der Waals surface area (Å²) in [4.78, 5) is 23.2. The molecule has 0 aromatic heterocycles.